The molecular weight excluding hydrogens is 211 g/mol. The normalized spacial score (nSPS) is 10.1. The lowest BCUT2D eigenvalue weighted by atomic mass is 10.2. The van der Waals surface area contributed by atoms with E-state index in [-0.39, 0.29) is 18.0 Å². The fourth-order valence-corrected chi connectivity index (χ4v) is 1.23. The lowest BCUT2D eigenvalue weighted by Gasteiger charge is -2.02. The first kappa shape index (κ1) is 10.4. The molecule has 0 bridgehead atoms. The second-order valence-corrected chi connectivity index (χ2v) is 3.13. The minimum Gasteiger partial charge on any atom is -0.467 e. The van der Waals surface area contributed by atoms with Gasteiger partial charge in [-0.15, -0.1) is 0 Å². The van der Waals surface area contributed by atoms with Gasteiger partial charge >= 0.3 is 0 Å². The first-order chi connectivity index (χ1) is 7.75. The van der Waals surface area contributed by atoms with E-state index in [0.717, 1.165) is 6.07 Å². The lowest BCUT2D eigenvalue weighted by molar-refractivity contribution is 0.0947. The molecule has 2 heterocycles. The third-order valence-electron chi connectivity index (χ3n) is 1.99. The number of furan rings is 1. The van der Waals surface area contributed by atoms with E-state index in [1.165, 1.54) is 18.5 Å². The van der Waals surface area contributed by atoms with Crippen LogP contribution in [0.1, 0.15) is 16.1 Å². The number of aromatic nitrogens is 1. The van der Waals surface area contributed by atoms with Crippen LogP contribution >= 0.6 is 0 Å². The SMILES string of the molecule is O=C(NCc1ccco1)c1ccnc(F)c1. The number of amides is 1. The maximum absolute atomic E-state index is 12.7. The molecule has 0 saturated carbocycles. The maximum Gasteiger partial charge on any atom is 0.251 e. The van der Waals surface area contributed by atoms with Crippen molar-refractivity contribution >= 4 is 5.91 Å². The van der Waals surface area contributed by atoms with Crippen LogP contribution in [0.4, 0.5) is 4.39 Å². The summed E-state index contributed by atoms with van der Waals surface area (Å²) in [6, 6.07) is 6.00. The molecule has 2 aromatic rings. The van der Waals surface area contributed by atoms with Crippen LogP contribution in [-0.2, 0) is 6.54 Å². The first-order valence-corrected chi connectivity index (χ1v) is 4.68. The molecule has 16 heavy (non-hydrogen) atoms. The molecule has 1 N–H and O–H groups in total. The predicted octanol–water partition coefficient (Wildman–Crippen LogP) is 1.74. The predicted molar refractivity (Wildman–Crippen MR) is 54.1 cm³/mol. The van der Waals surface area contributed by atoms with E-state index in [1.807, 2.05) is 0 Å². The fraction of sp³-hybridized carbons (Fsp3) is 0.0909. The highest BCUT2D eigenvalue weighted by atomic mass is 19.1. The summed E-state index contributed by atoms with van der Waals surface area (Å²) < 4.78 is 17.8. The zero-order valence-corrected chi connectivity index (χ0v) is 8.31. The maximum atomic E-state index is 12.7. The van der Waals surface area contributed by atoms with Crippen LogP contribution in [0.15, 0.2) is 41.1 Å². The molecule has 0 unspecified atom stereocenters. The van der Waals surface area contributed by atoms with Gasteiger partial charge in [0.25, 0.3) is 5.91 Å². The number of carbonyl (C=O) groups excluding carboxylic acids is 1. The van der Waals surface area contributed by atoms with Crippen LogP contribution in [0, 0.1) is 5.95 Å². The van der Waals surface area contributed by atoms with Crippen LogP contribution in [0.2, 0.25) is 0 Å². The molecule has 5 heteroatoms. The van der Waals surface area contributed by atoms with Crippen molar-refractivity contribution < 1.29 is 13.6 Å². The van der Waals surface area contributed by atoms with Gasteiger partial charge in [0.15, 0.2) is 0 Å². The van der Waals surface area contributed by atoms with Crippen molar-refractivity contribution in [2.75, 3.05) is 0 Å². The second-order valence-electron chi connectivity index (χ2n) is 3.13. The average molecular weight is 220 g/mol. The molecule has 0 aliphatic heterocycles. The highest BCUT2D eigenvalue weighted by molar-refractivity contribution is 5.93. The Labute approximate surface area is 91.1 Å². The van der Waals surface area contributed by atoms with E-state index in [9.17, 15) is 9.18 Å². The number of hydrogen-bond donors (Lipinski definition) is 1. The number of halogens is 1. The van der Waals surface area contributed by atoms with Crippen molar-refractivity contribution in [3.05, 3.63) is 54.0 Å². The van der Waals surface area contributed by atoms with Gasteiger partial charge in [-0.25, -0.2) is 4.98 Å². The largest absolute Gasteiger partial charge is 0.467 e. The monoisotopic (exact) mass is 220 g/mol. The smallest absolute Gasteiger partial charge is 0.251 e. The van der Waals surface area contributed by atoms with Crippen molar-refractivity contribution in [2.24, 2.45) is 0 Å². The minimum atomic E-state index is -0.675. The van der Waals surface area contributed by atoms with Gasteiger partial charge < -0.3 is 9.73 Å². The average Bonchev–Trinajstić information content (AvgIpc) is 2.78. The van der Waals surface area contributed by atoms with Gasteiger partial charge in [-0.05, 0) is 18.2 Å². The van der Waals surface area contributed by atoms with Gasteiger partial charge in [0.2, 0.25) is 5.95 Å². The molecule has 0 aliphatic carbocycles. The zero-order valence-electron chi connectivity index (χ0n) is 8.31. The number of rotatable bonds is 3. The molecule has 0 radical (unpaired) electrons. The summed E-state index contributed by atoms with van der Waals surface area (Å²) in [5.74, 6) is -0.397. The summed E-state index contributed by atoms with van der Waals surface area (Å²) >= 11 is 0. The number of nitrogens with one attached hydrogen (secondary N) is 1. The molecule has 82 valence electrons. The summed E-state index contributed by atoms with van der Waals surface area (Å²) in [5.41, 5.74) is 0.235. The third kappa shape index (κ3) is 2.44. The van der Waals surface area contributed by atoms with E-state index >= 15 is 0 Å². The van der Waals surface area contributed by atoms with Gasteiger partial charge in [-0.2, -0.15) is 4.39 Å². The number of pyridine rings is 1. The molecule has 0 spiro atoms. The van der Waals surface area contributed by atoms with Gasteiger partial charge in [-0.3, -0.25) is 4.79 Å². The second kappa shape index (κ2) is 4.57. The summed E-state index contributed by atoms with van der Waals surface area (Å²) in [6.45, 7) is 0.274. The minimum absolute atomic E-state index is 0.235. The van der Waals surface area contributed by atoms with Crippen LogP contribution in [0.3, 0.4) is 0 Å². The van der Waals surface area contributed by atoms with Crippen molar-refractivity contribution in [2.45, 2.75) is 6.54 Å². The van der Waals surface area contributed by atoms with Crippen LogP contribution in [0.25, 0.3) is 0 Å². The molecule has 0 aromatic carbocycles. The van der Waals surface area contributed by atoms with Gasteiger partial charge in [0.05, 0.1) is 12.8 Å². The molecule has 2 rings (SSSR count). The molecule has 0 aliphatic rings. The fourth-order valence-electron chi connectivity index (χ4n) is 1.23. The van der Waals surface area contributed by atoms with Crippen molar-refractivity contribution in [1.29, 1.82) is 0 Å². The molecule has 2 aromatic heterocycles. The van der Waals surface area contributed by atoms with Crippen molar-refractivity contribution in [3.8, 4) is 0 Å². The molecule has 0 atom stereocenters. The molecular formula is C11H9FN2O2. The van der Waals surface area contributed by atoms with Crippen LogP contribution in [-0.4, -0.2) is 10.9 Å². The Kier molecular flexibility index (Phi) is 2.95. The standard InChI is InChI=1S/C11H9FN2O2/c12-10-6-8(3-4-13-10)11(15)14-7-9-2-1-5-16-9/h1-6H,7H2,(H,14,15). The van der Waals surface area contributed by atoms with Crippen molar-refractivity contribution in [1.82, 2.24) is 10.3 Å². The highest BCUT2D eigenvalue weighted by Crippen LogP contribution is 2.02. The topological polar surface area (TPSA) is 55.1 Å². The van der Waals surface area contributed by atoms with Gasteiger partial charge in [-0.1, -0.05) is 0 Å². The van der Waals surface area contributed by atoms with Crippen LogP contribution < -0.4 is 5.32 Å². The first-order valence-electron chi connectivity index (χ1n) is 4.68. The Hall–Kier alpha value is -2.17. The Balaban J connectivity index is 1.98. The van der Waals surface area contributed by atoms with E-state index in [0.29, 0.717) is 5.76 Å². The Morgan fingerprint density at radius 3 is 3.06 bits per heavy atom. The van der Waals surface area contributed by atoms with E-state index < -0.39 is 5.95 Å². The summed E-state index contributed by atoms with van der Waals surface area (Å²) in [7, 11) is 0. The van der Waals surface area contributed by atoms with Gasteiger partial charge in [0, 0.05) is 17.8 Å². The quantitative estimate of drug-likeness (QED) is 0.801. The Morgan fingerprint density at radius 2 is 2.38 bits per heavy atom. The third-order valence-corrected chi connectivity index (χ3v) is 1.99. The Morgan fingerprint density at radius 1 is 1.50 bits per heavy atom. The van der Waals surface area contributed by atoms with Crippen LogP contribution in [0.5, 0.6) is 0 Å². The Bertz CT molecular complexity index is 482. The number of hydrogen-bond acceptors (Lipinski definition) is 3. The summed E-state index contributed by atoms with van der Waals surface area (Å²) in [6.07, 6.45) is 2.77. The molecule has 4 nitrogen and oxygen atoms in total. The van der Waals surface area contributed by atoms with Gasteiger partial charge in [0.1, 0.15) is 5.76 Å². The molecule has 0 fully saturated rings. The van der Waals surface area contributed by atoms with Crippen molar-refractivity contribution in [3.63, 3.8) is 0 Å². The highest BCUT2D eigenvalue weighted by Gasteiger charge is 2.06. The van der Waals surface area contributed by atoms with E-state index in [4.69, 9.17) is 4.42 Å². The summed E-state index contributed by atoms with van der Waals surface area (Å²) in [5, 5.41) is 2.60. The lowest BCUT2D eigenvalue weighted by Crippen LogP contribution is -2.22. The zero-order chi connectivity index (χ0) is 11.4. The van der Waals surface area contributed by atoms with E-state index in [1.54, 1.807) is 12.1 Å². The number of nitrogens with zero attached hydrogens (tertiary/aromatic N) is 1. The molecule has 1 amide bonds. The molecule has 0 saturated heterocycles. The summed E-state index contributed by atoms with van der Waals surface area (Å²) in [4.78, 5) is 14.9. The van der Waals surface area contributed by atoms with E-state index in [2.05, 4.69) is 10.3 Å². The number of carbonyl (C=O) groups is 1.